The molecule has 0 saturated heterocycles. The summed E-state index contributed by atoms with van der Waals surface area (Å²) in [5.74, 6) is -1.25. The SMILES string of the molecule is COC(=O)c1ccccc1C(=O)OCC(=O)N1N=C(c2ccccc2)CC1c1ccc(OC)cc1. The summed E-state index contributed by atoms with van der Waals surface area (Å²) in [6.45, 7) is -0.535. The van der Waals surface area contributed by atoms with E-state index in [2.05, 4.69) is 5.10 Å². The first-order valence-electron chi connectivity index (χ1n) is 10.9. The Kier molecular flexibility index (Phi) is 7.21. The number of hydrazone groups is 1. The largest absolute Gasteiger partial charge is 0.497 e. The molecule has 8 heteroatoms. The van der Waals surface area contributed by atoms with Gasteiger partial charge in [-0.05, 0) is 35.4 Å². The minimum atomic E-state index is -0.799. The van der Waals surface area contributed by atoms with Gasteiger partial charge < -0.3 is 14.2 Å². The van der Waals surface area contributed by atoms with Gasteiger partial charge in [0.25, 0.3) is 5.91 Å². The van der Waals surface area contributed by atoms with Crippen molar-refractivity contribution in [3.63, 3.8) is 0 Å². The van der Waals surface area contributed by atoms with Crippen LogP contribution in [-0.2, 0) is 14.3 Å². The molecule has 0 N–H and O–H groups in total. The van der Waals surface area contributed by atoms with Crippen molar-refractivity contribution in [3.05, 3.63) is 101 Å². The summed E-state index contributed by atoms with van der Waals surface area (Å²) in [7, 11) is 2.81. The van der Waals surface area contributed by atoms with E-state index in [1.54, 1.807) is 19.2 Å². The average molecular weight is 472 g/mol. The Morgan fingerprint density at radius 1 is 0.857 bits per heavy atom. The number of methoxy groups -OCH3 is 2. The monoisotopic (exact) mass is 472 g/mol. The van der Waals surface area contributed by atoms with Crippen LogP contribution in [0.2, 0.25) is 0 Å². The lowest BCUT2D eigenvalue weighted by Gasteiger charge is -2.22. The summed E-state index contributed by atoms with van der Waals surface area (Å²) in [6, 6.07) is 22.7. The van der Waals surface area contributed by atoms with Crippen LogP contribution in [0.5, 0.6) is 5.75 Å². The van der Waals surface area contributed by atoms with Crippen LogP contribution in [0.4, 0.5) is 0 Å². The average Bonchev–Trinajstić information content (AvgIpc) is 3.37. The standard InChI is InChI=1S/C27H24N2O6/c1-33-20-14-12-19(13-15-20)24-16-23(18-8-4-3-5-9-18)28-29(24)25(30)17-35-27(32)22-11-7-6-10-21(22)26(31)34-2/h3-15,24H,16-17H2,1-2H3. The van der Waals surface area contributed by atoms with E-state index in [9.17, 15) is 14.4 Å². The maximum atomic E-state index is 13.2. The topological polar surface area (TPSA) is 94.5 Å². The Morgan fingerprint density at radius 3 is 2.11 bits per heavy atom. The van der Waals surface area contributed by atoms with Gasteiger partial charge >= 0.3 is 11.9 Å². The lowest BCUT2D eigenvalue weighted by Crippen LogP contribution is -2.31. The van der Waals surface area contributed by atoms with Crippen LogP contribution >= 0.6 is 0 Å². The van der Waals surface area contributed by atoms with Crippen molar-refractivity contribution in [1.29, 1.82) is 0 Å². The van der Waals surface area contributed by atoms with Crippen LogP contribution in [0.25, 0.3) is 0 Å². The summed E-state index contributed by atoms with van der Waals surface area (Å²) in [4.78, 5) is 37.8. The lowest BCUT2D eigenvalue weighted by atomic mass is 9.98. The van der Waals surface area contributed by atoms with Gasteiger partial charge in [-0.3, -0.25) is 4.79 Å². The van der Waals surface area contributed by atoms with Crippen molar-refractivity contribution in [2.45, 2.75) is 12.5 Å². The predicted octanol–water partition coefficient (Wildman–Crippen LogP) is 4.02. The highest BCUT2D eigenvalue weighted by Crippen LogP contribution is 2.33. The third-order valence-corrected chi connectivity index (χ3v) is 5.65. The van der Waals surface area contributed by atoms with Crippen molar-refractivity contribution < 1.29 is 28.6 Å². The van der Waals surface area contributed by atoms with Crippen LogP contribution in [0.3, 0.4) is 0 Å². The highest BCUT2D eigenvalue weighted by Gasteiger charge is 2.33. The van der Waals surface area contributed by atoms with Crippen LogP contribution in [0.1, 0.15) is 44.3 Å². The van der Waals surface area contributed by atoms with Gasteiger partial charge in [-0.2, -0.15) is 5.10 Å². The van der Waals surface area contributed by atoms with Gasteiger partial charge in [0, 0.05) is 6.42 Å². The molecule has 0 aliphatic carbocycles. The summed E-state index contributed by atoms with van der Waals surface area (Å²) < 4.78 is 15.2. The molecule has 1 amide bonds. The van der Waals surface area contributed by atoms with Gasteiger partial charge in [-0.1, -0.05) is 54.6 Å². The molecule has 3 aromatic carbocycles. The van der Waals surface area contributed by atoms with Gasteiger partial charge in [0.05, 0.1) is 37.1 Å². The zero-order chi connectivity index (χ0) is 24.8. The van der Waals surface area contributed by atoms with Crippen LogP contribution in [-0.4, -0.2) is 49.4 Å². The molecule has 3 aromatic rings. The fraction of sp³-hybridized carbons (Fsp3) is 0.185. The third kappa shape index (κ3) is 5.22. The Balaban J connectivity index is 1.55. The Hall–Kier alpha value is -4.46. The van der Waals surface area contributed by atoms with E-state index in [1.807, 2.05) is 54.6 Å². The molecule has 1 aliphatic heterocycles. The molecule has 0 aromatic heterocycles. The molecule has 8 nitrogen and oxygen atoms in total. The van der Waals surface area contributed by atoms with E-state index in [0.29, 0.717) is 12.2 Å². The molecule has 4 rings (SSSR count). The quantitative estimate of drug-likeness (QED) is 0.482. The number of amides is 1. The number of carbonyl (C=O) groups is 3. The van der Waals surface area contributed by atoms with Crippen molar-refractivity contribution in [1.82, 2.24) is 5.01 Å². The van der Waals surface area contributed by atoms with Gasteiger partial charge in [0.2, 0.25) is 0 Å². The highest BCUT2D eigenvalue weighted by atomic mass is 16.5. The fourth-order valence-corrected chi connectivity index (χ4v) is 3.85. The number of esters is 2. The van der Waals surface area contributed by atoms with Gasteiger partial charge in [0.15, 0.2) is 6.61 Å². The maximum Gasteiger partial charge on any atom is 0.339 e. The first-order valence-corrected chi connectivity index (χ1v) is 10.9. The van der Waals surface area contributed by atoms with E-state index in [-0.39, 0.29) is 17.2 Å². The first kappa shape index (κ1) is 23.7. The smallest absolute Gasteiger partial charge is 0.339 e. The number of ether oxygens (including phenoxy) is 3. The van der Waals surface area contributed by atoms with Crippen LogP contribution in [0.15, 0.2) is 84.0 Å². The first-order chi connectivity index (χ1) is 17.0. The number of rotatable bonds is 7. The van der Waals surface area contributed by atoms with E-state index in [4.69, 9.17) is 14.2 Å². The number of hydrogen-bond donors (Lipinski definition) is 0. The maximum absolute atomic E-state index is 13.2. The summed E-state index contributed by atoms with van der Waals surface area (Å²) in [6.07, 6.45) is 0.501. The Labute approximate surface area is 202 Å². The molecule has 0 saturated carbocycles. The van der Waals surface area contributed by atoms with E-state index in [1.165, 1.54) is 24.3 Å². The molecule has 0 radical (unpaired) electrons. The fourth-order valence-electron chi connectivity index (χ4n) is 3.85. The molecular formula is C27H24N2O6. The molecule has 0 fully saturated rings. The summed E-state index contributed by atoms with van der Waals surface area (Å²) in [5.41, 5.74) is 2.62. The Morgan fingerprint density at radius 2 is 1.49 bits per heavy atom. The second kappa shape index (κ2) is 10.6. The van der Waals surface area contributed by atoms with Crippen molar-refractivity contribution in [3.8, 4) is 5.75 Å². The van der Waals surface area contributed by atoms with E-state index in [0.717, 1.165) is 16.8 Å². The molecule has 0 bridgehead atoms. The highest BCUT2D eigenvalue weighted by molar-refractivity contribution is 6.04. The van der Waals surface area contributed by atoms with Gasteiger partial charge in [-0.15, -0.1) is 0 Å². The molecule has 1 unspecified atom stereocenters. The van der Waals surface area contributed by atoms with Crippen molar-refractivity contribution in [2.24, 2.45) is 5.10 Å². The minimum Gasteiger partial charge on any atom is -0.497 e. The van der Waals surface area contributed by atoms with Crippen molar-refractivity contribution in [2.75, 3.05) is 20.8 Å². The second-order valence-corrected chi connectivity index (χ2v) is 7.76. The van der Waals surface area contributed by atoms with Crippen molar-refractivity contribution >= 4 is 23.6 Å². The molecule has 1 atom stereocenters. The van der Waals surface area contributed by atoms with Gasteiger partial charge in [-0.25, -0.2) is 14.6 Å². The van der Waals surface area contributed by atoms with Crippen LogP contribution < -0.4 is 4.74 Å². The summed E-state index contributed by atoms with van der Waals surface area (Å²) >= 11 is 0. The zero-order valence-electron chi connectivity index (χ0n) is 19.3. The number of carbonyl (C=O) groups excluding carboxylic acids is 3. The summed E-state index contributed by atoms with van der Waals surface area (Å²) in [5, 5.41) is 5.92. The molecule has 1 aliphatic rings. The molecule has 178 valence electrons. The number of nitrogens with zero attached hydrogens (tertiary/aromatic N) is 2. The van der Waals surface area contributed by atoms with E-state index < -0.39 is 24.5 Å². The molecule has 1 heterocycles. The number of hydrogen-bond acceptors (Lipinski definition) is 7. The Bertz CT molecular complexity index is 1250. The lowest BCUT2D eigenvalue weighted by molar-refractivity contribution is -0.136. The van der Waals surface area contributed by atoms with Gasteiger partial charge in [0.1, 0.15) is 5.75 Å². The third-order valence-electron chi connectivity index (χ3n) is 5.65. The number of benzene rings is 3. The molecular weight excluding hydrogens is 448 g/mol. The zero-order valence-corrected chi connectivity index (χ0v) is 19.3. The van der Waals surface area contributed by atoms with E-state index >= 15 is 0 Å². The molecule has 0 spiro atoms. The predicted molar refractivity (Wildman–Crippen MR) is 128 cm³/mol. The second-order valence-electron chi connectivity index (χ2n) is 7.76. The molecule has 35 heavy (non-hydrogen) atoms. The normalized spacial score (nSPS) is 14.7. The van der Waals surface area contributed by atoms with Crippen LogP contribution in [0, 0.1) is 0 Å². The minimum absolute atomic E-state index is 0.0220.